The van der Waals surface area contributed by atoms with Gasteiger partial charge in [0.05, 0.1) is 27.9 Å². The van der Waals surface area contributed by atoms with Crippen molar-refractivity contribution in [2.24, 2.45) is 12.5 Å². The molecule has 0 aliphatic carbocycles. The topological polar surface area (TPSA) is 178 Å². The lowest BCUT2D eigenvalue weighted by molar-refractivity contribution is -0.123. The van der Waals surface area contributed by atoms with Gasteiger partial charge >= 0.3 is 5.69 Å². The summed E-state index contributed by atoms with van der Waals surface area (Å²) in [6.07, 6.45) is 1.01. The molecule has 1 atom stereocenters. The number of carbonyl (C=O) groups is 3. The molecule has 254 valence electrons. The van der Waals surface area contributed by atoms with Crippen molar-refractivity contribution in [2.45, 2.75) is 45.1 Å². The molecule has 0 bridgehead atoms. The van der Waals surface area contributed by atoms with Crippen LogP contribution in [0, 0.1) is 24.0 Å². The largest absolute Gasteiger partial charge is 0.343 e. The Morgan fingerprint density at radius 1 is 0.980 bits per heavy atom. The van der Waals surface area contributed by atoms with E-state index in [1.807, 2.05) is 4.72 Å². The van der Waals surface area contributed by atoms with Crippen LogP contribution in [0.5, 0.6) is 0 Å². The van der Waals surface area contributed by atoms with Gasteiger partial charge in [-0.3, -0.25) is 19.1 Å². The summed E-state index contributed by atoms with van der Waals surface area (Å²) in [6, 6.07) is 8.53. The lowest BCUT2D eigenvalue weighted by Crippen LogP contribution is -2.43. The molecule has 4 aromatic rings. The first-order valence-corrected chi connectivity index (χ1v) is 16.1. The maximum Gasteiger partial charge on any atom is 0.336 e. The van der Waals surface area contributed by atoms with Crippen LogP contribution in [0.25, 0.3) is 5.82 Å². The van der Waals surface area contributed by atoms with E-state index in [0.29, 0.717) is 29.1 Å². The number of benzene rings is 2. The van der Waals surface area contributed by atoms with Crippen molar-refractivity contribution in [2.75, 3.05) is 10.0 Å². The van der Waals surface area contributed by atoms with E-state index in [4.69, 9.17) is 7.85 Å². The molecular weight excluding hydrogens is 661 g/mol. The summed E-state index contributed by atoms with van der Waals surface area (Å²) in [5, 5.41) is 4.86. The molecule has 13 nitrogen and oxygen atoms in total. The molecule has 49 heavy (non-hydrogen) atoms. The van der Waals surface area contributed by atoms with E-state index in [2.05, 4.69) is 15.6 Å². The van der Waals surface area contributed by atoms with Crippen molar-refractivity contribution < 1.29 is 31.6 Å². The smallest absolute Gasteiger partial charge is 0.336 e. The van der Waals surface area contributed by atoms with E-state index in [-0.39, 0.29) is 23.0 Å². The van der Waals surface area contributed by atoms with Gasteiger partial charge in [0.25, 0.3) is 21.5 Å². The molecule has 0 saturated heterocycles. The fourth-order valence-corrected chi connectivity index (χ4v) is 5.41. The van der Waals surface area contributed by atoms with Crippen LogP contribution in [0.2, 0.25) is 0 Å². The number of carbonyl (C=O) groups excluding carboxylic acids is 3. The van der Waals surface area contributed by atoms with Gasteiger partial charge in [-0.1, -0.05) is 26.8 Å². The minimum Gasteiger partial charge on any atom is -0.343 e. The van der Waals surface area contributed by atoms with Crippen molar-refractivity contribution in [3.05, 3.63) is 110 Å². The standard InChI is InChI=1S/C32H31BF2N6O7S/c1-17-12-27(42)41(31(46)40(17)5)26-11-6-18(16-36-26)13-25(28(33)43)38-29(44)21-14-23(35)24(15-22(21)34)39-49(47,48)20-9-7-19(8-10-20)37-30(45)32(2,3)4/h6-12,14-16,25,39H,13H2,1-5H3,(H,37,45)(H,38,44)/t25-/m0/s1. The number of sulfonamides is 1. The zero-order valence-electron chi connectivity index (χ0n) is 27.0. The van der Waals surface area contributed by atoms with Gasteiger partial charge in [-0.05, 0) is 48.9 Å². The van der Waals surface area contributed by atoms with Crippen LogP contribution in [-0.4, -0.2) is 53.9 Å². The van der Waals surface area contributed by atoms with Crippen molar-refractivity contribution in [3.63, 3.8) is 0 Å². The molecular formula is C32H31BF2N6O7S. The van der Waals surface area contributed by atoms with Crippen molar-refractivity contribution in [1.82, 2.24) is 19.4 Å². The molecule has 2 aromatic carbocycles. The van der Waals surface area contributed by atoms with Crippen LogP contribution in [0.3, 0.4) is 0 Å². The second kappa shape index (κ2) is 14.0. The Labute approximate surface area is 280 Å². The van der Waals surface area contributed by atoms with Crippen LogP contribution < -0.4 is 26.6 Å². The average molecular weight is 693 g/mol. The maximum absolute atomic E-state index is 15.0. The highest BCUT2D eigenvalue weighted by molar-refractivity contribution is 7.92. The molecule has 3 N–H and O–H groups in total. The van der Waals surface area contributed by atoms with E-state index in [9.17, 15) is 32.4 Å². The predicted octanol–water partition coefficient (Wildman–Crippen LogP) is 2.34. The zero-order chi connectivity index (χ0) is 36.4. The van der Waals surface area contributed by atoms with E-state index in [1.54, 1.807) is 27.7 Å². The van der Waals surface area contributed by atoms with Crippen LogP contribution in [0.15, 0.2) is 75.3 Å². The number of hydrogen-bond donors (Lipinski definition) is 3. The normalized spacial score (nSPS) is 12.2. The van der Waals surface area contributed by atoms with Crippen molar-refractivity contribution >= 4 is 46.7 Å². The van der Waals surface area contributed by atoms with Crippen LogP contribution in [0.1, 0.15) is 42.4 Å². The molecule has 2 amide bonds. The summed E-state index contributed by atoms with van der Waals surface area (Å²) in [5.74, 6) is -4.12. The Kier molecular flexibility index (Phi) is 10.4. The van der Waals surface area contributed by atoms with Gasteiger partial charge in [-0.25, -0.2) is 31.5 Å². The second-order valence-corrected chi connectivity index (χ2v) is 13.8. The third-order valence-corrected chi connectivity index (χ3v) is 8.72. The number of amides is 2. The first-order chi connectivity index (χ1) is 22.8. The minimum atomic E-state index is -4.43. The lowest BCUT2D eigenvalue weighted by Gasteiger charge is -2.18. The fourth-order valence-electron chi connectivity index (χ4n) is 4.35. The molecule has 0 aliphatic rings. The number of aromatic nitrogens is 3. The minimum absolute atomic E-state index is 0.00359. The number of nitrogens with one attached hydrogen (secondary N) is 3. The fraction of sp³-hybridized carbons (Fsp3) is 0.250. The number of pyridine rings is 1. The molecule has 0 spiro atoms. The van der Waals surface area contributed by atoms with Crippen LogP contribution in [-0.2, 0) is 33.1 Å². The highest BCUT2D eigenvalue weighted by Crippen LogP contribution is 2.25. The predicted molar refractivity (Wildman–Crippen MR) is 177 cm³/mol. The number of halogens is 2. The summed E-state index contributed by atoms with van der Waals surface area (Å²) < 4.78 is 59.8. The van der Waals surface area contributed by atoms with Gasteiger partial charge in [-0.2, -0.15) is 0 Å². The molecule has 0 saturated carbocycles. The van der Waals surface area contributed by atoms with Gasteiger partial charge in [-0.15, -0.1) is 0 Å². The first kappa shape index (κ1) is 36.4. The summed E-state index contributed by atoms with van der Waals surface area (Å²) in [5.41, 5.74) is -3.47. The summed E-state index contributed by atoms with van der Waals surface area (Å²) in [7, 11) is 2.50. The molecule has 4 rings (SSSR count). The summed E-state index contributed by atoms with van der Waals surface area (Å²) >= 11 is 0. The van der Waals surface area contributed by atoms with Crippen molar-refractivity contribution in [1.29, 1.82) is 0 Å². The number of nitrogens with zero attached hydrogens (tertiary/aromatic N) is 3. The monoisotopic (exact) mass is 692 g/mol. The molecule has 0 unspecified atom stereocenters. The Hall–Kier alpha value is -5.45. The Morgan fingerprint density at radius 2 is 1.63 bits per heavy atom. The number of anilines is 2. The van der Waals surface area contributed by atoms with Gasteiger partial charge in [0, 0.05) is 48.6 Å². The second-order valence-electron chi connectivity index (χ2n) is 12.1. The van der Waals surface area contributed by atoms with Gasteiger partial charge in [0.1, 0.15) is 17.5 Å². The van der Waals surface area contributed by atoms with E-state index < -0.39 is 67.2 Å². The zero-order valence-corrected chi connectivity index (χ0v) is 27.8. The number of rotatable bonds is 10. The average Bonchev–Trinajstić information content (AvgIpc) is 3.01. The van der Waals surface area contributed by atoms with Gasteiger partial charge in [0.15, 0.2) is 7.85 Å². The molecule has 0 fully saturated rings. The molecule has 2 heterocycles. The Bertz CT molecular complexity index is 2180. The highest BCUT2D eigenvalue weighted by Gasteiger charge is 2.25. The summed E-state index contributed by atoms with van der Waals surface area (Å²) in [4.78, 5) is 66.0. The molecule has 2 radical (unpaired) electrons. The van der Waals surface area contributed by atoms with Gasteiger partial charge in [0.2, 0.25) is 5.91 Å². The van der Waals surface area contributed by atoms with Crippen LogP contribution >= 0.6 is 0 Å². The van der Waals surface area contributed by atoms with E-state index >= 15 is 8.78 Å². The maximum atomic E-state index is 15.0. The molecule has 0 aliphatic heterocycles. The first-order valence-electron chi connectivity index (χ1n) is 14.6. The van der Waals surface area contributed by atoms with E-state index in [0.717, 1.165) is 16.7 Å². The SMILES string of the molecule is [B]C(=O)[C@H](Cc1ccc(-n2c(=O)cc(C)n(C)c2=O)nc1)NC(=O)c1cc(F)c(NS(=O)(=O)c2ccc(NC(=O)C(C)(C)C)cc2)cc1F. The number of aryl methyl sites for hydroxylation is 1. The third kappa shape index (κ3) is 8.35. The number of hydrogen-bond acceptors (Lipinski definition) is 8. The molecule has 17 heteroatoms. The Morgan fingerprint density at radius 3 is 2.20 bits per heavy atom. The summed E-state index contributed by atoms with van der Waals surface area (Å²) in [6.45, 7) is 6.70. The van der Waals surface area contributed by atoms with E-state index in [1.165, 1.54) is 48.1 Å². The lowest BCUT2D eigenvalue weighted by atomic mass is 9.90. The van der Waals surface area contributed by atoms with Gasteiger partial charge < -0.3 is 20.0 Å². The quantitative estimate of drug-likeness (QED) is 0.212. The third-order valence-electron chi connectivity index (χ3n) is 7.34. The van der Waals surface area contributed by atoms with Crippen LogP contribution in [0.4, 0.5) is 20.2 Å². The highest BCUT2D eigenvalue weighted by atomic mass is 32.2. The molecule has 2 aromatic heterocycles. The van der Waals surface area contributed by atoms with Crippen molar-refractivity contribution in [3.8, 4) is 5.82 Å². The Balaban J connectivity index is 1.47.